The third kappa shape index (κ3) is 5.96. The quantitative estimate of drug-likeness (QED) is 0.486. The van der Waals surface area contributed by atoms with Crippen LogP contribution in [-0.4, -0.2) is 42.1 Å². The summed E-state index contributed by atoms with van der Waals surface area (Å²) in [5, 5.41) is 3.14. The highest BCUT2D eigenvalue weighted by Gasteiger charge is 2.26. The van der Waals surface area contributed by atoms with Crippen molar-refractivity contribution >= 4 is 17.4 Å². The number of amides is 1. The van der Waals surface area contributed by atoms with E-state index in [0.29, 0.717) is 12.4 Å². The molecular formula is C29H35N5O2. The van der Waals surface area contributed by atoms with Crippen LogP contribution >= 0.6 is 0 Å². The van der Waals surface area contributed by atoms with E-state index in [1.807, 2.05) is 18.2 Å². The molecule has 2 aliphatic rings. The minimum Gasteiger partial charge on any atom is -0.439 e. The van der Waals surface area contributed by atoms with Crippen LogP contribution in [-0.2, 0) is 17.8 Å². The van der Waals surface area contributed by atoms with Crippen molar-refractivity contribution in [2.45, 2.75) is 45.6 Å². The molecule has 7 nitrogen and oxygen atoms in total. The number of aromatic nitrogens is 2. The summed E-state index contributed by atoms with van der Waals surface area (Å²) in [6, 6.07) is 18.5. The minimum atomic E-state index is 0.0276. The van der Waals surface area contributed by atoms with Crippen LogP contribution in [0, 0.1) is 5.92 Å². The van der Waals surface area contributed by atoms with E-state index in [2.05, 4.69) is 68.4 Å². The number of anilines is 2. The molecule has 2 aliphatic heterocycles. The molecule has 5 rings (SSSR count). The predicted octanol–water partition coefficient (Wildman–Crippen LogP) is 4.96. The first-order chi connectivity index (χ1) is 17.7. The molecule has 0 aliphatic carbocycles. The Balaban J connectivity index is 1.09. The third-order valence-electron chi connectivity index (χ3n) is 7.25. The van der Waals surface area contributed by atoms with Crippen LogP contribution in [0.25, 0.3) is 0 Å². The fourth-order valence-corrected chi connectivity index (χ4v) is 4.98. The van der Waals surface area contributed by atoms with Crippen molar-refractivity contribution in [3.05, 3.63) is 72.1 Å². The van der Waals surface area contributed by atoms with Gasteiger partial charge >= 0.3 is 0 Å². The number of hydrogen-bond acceptors (Lipinski definition) is 6. The molecule has 1 N–H and O–H groups in total. The summed E-state index contributed by atoms with van der Waals surface area (Å²) < 4.78 is 5.93. The van der Waals surface area contributed by atoms with Gasteiger partial charge in [-0.25, -0.2) is 9.97 Å². The average Bonchev–Trinajstić information content (AvgIpc) is 3.48. The molecule has 0 saturated carbocycles. The first kappa shape index (κ1) is 24.1. The summed E-state index contributed by atoms with van der Waals surface area (Å²) in [6.07, 6.45) is 6.69. The Kier molecular flexibility index (Phi) is 7.64. The molecule has 2 fully saturated rings. The summed E-state index contributed by atoms with van der Waals surface area (Å²) >= 11 is 0. The molecule has 0 spiro atoms. The van der Waals surface area contributed by atoms with Crippen molar-refractivity contribution in [3.8, 4) is 11.6 Å². The lowest BCUT2D eigenvalue weighted by Gasteiger charge is -2.32. The van der Waals surface area contributed by atoms with Crippen molar-refractivity contribution in [2.75, 3.05) is 36.0 Å². The van der Waals surface area contributed by atoms with E-state index in [1.54, 1.807) is 6.33 Å². The van der Waals surface area contributed by atoms with Crippen LogP contribution in [0.4, 0.5) is 11.5 Å². The highest BCUT2D eigenvalue weighted by atomic mass is 16.5. The van der Waals surface area contributed by atoms with Gasteiger partial charge in [0.15, 0.2) is 0 Å². The molecule has 3 heterocycles. The molecule has 0 atom stereocenters. The van der Waals surface area contributed by atoms with Crippen LogP contribution in [0.15, 0.2) is 60.9 Å². The van der Waals surface area contributed by atoms with Crippen LogP contribution in [0.3, 0.4) is 0 Å². The summed E-state index contributed by atoms with van der Waals surface area (Å²) in [7, 11) is 0. The number of aryl methyl sites for hydroxylation is 1. The zero-order valence-electron chi connectivity index (χ0n) is 21.0. The predicted molar refractivity (Wildman–Crippen MR) is 143 cm³/mol. The zero-order chi connectivity index (χ0) is 24.7. The molecule has 3 aromatic rings. The smallest absolute Gasteiger partial charge is 0.224 e. The van der Waals surface area contributed by atoms with Gasteiger partial charge in [-0.1, -0.05) is 31.2 Å². The lowest BCUT2D eigenvalue weighted by molar-refractivity contribution is -0.125. The molecule has 2 saturated heterocycles. The van der Waals surface area contributed by atoms with E-state index >= 15 is 0 Å². The normalized spacial score (nSPS) is 16.2. The summed E-state index contributed by atoms with van der Waals surface area (Å²) in [5.74, 6) is 2.29. The van der Waals surface area contributed by atoms with E-state index in [9.17, 15) is 4.79 Å². The Morgan fingerprint density at radius 2 is 1.61 bits per heavy atom. The topological polar surface area (TPSA) is 70.6 Å². The number of carbonyl (C=O) groups excluding carboxylic acids is 1. The van der Waals surface area contributed by atoms with Crippen LogP contribution < -0.4 is 19.9 Å². The Labute approximate surface area is 213 Å². The highest BCUT2D eigenvalue weighted by molar-refractivity contribution is 5.79. The van der Waals surface area contributed by atoms with Gasteiger partial charge in [0, 0.05) is 50.4 Å². The second kappa shape index (κ2) is 11.4. The maximum atomic E-state index is 12.8. The second-order valence-corrected chi connectivity index (χ2v) is 9.65. The van der Waals surface area contributed by atoms with Gasteiger partial charge in [0.1, 0.15) is 17.9 Å². The molecule has 2 aromatic carbocycles. The number of benzene rings is 2. The lowest BCUT2D eigenvalue weighted by atomic mass is 9.96. The van der Waals surface area contributed by atoms with Gasteiger partial charge in [-0.05, 0) is 67.5 Å². The molecule has 1 aromatic heterocycles. The number of carbonyl (C=O) groups is 1. The molecule has 0 unspecified atom stereocenters. The number of rotatable bonds is 8. The third-order valence-corrected chi connectivity index (χ3v) is 7.25. The second-order valence-electron chi connectivity index (χ2n) is 9.65. The van der Waals surface area contributed by atoms with E-state index in [4.69, 9.17) is 4.74 Å². The first-order valence-corrected chi connectivity index (χ1v) is 13.1. The van der Waals surface area contributed by atoms with E-state index < -0.39 is 0 Å². The number of nitrogens with zero attached hydrogens (tertiary/aromatic N) is 4. The Bertz CT molecular complexity index is 1140. The van der Waals surface area contributed by atoms with Crippen molar-refractivity contribution in [3.63, 3.8) is 0 Å². The minimum absolute atomic E-state index is 0.0276. The summed E-state index contributed by atoms with van der Waals surface area (Å²) in [5.41, 5.74) is 3.69. The first-order valence-electron chi connectivity index (χ1n) is 13.1. The van der Waals surface area contributed by atoms with E-state index in [0.717, 1.165) is 62.6 Å². The maximum Gasteiger partial charge on any atom is 0.224 e. The average molecular weight is 486 g/mol. The number of hydrogen-bond donors (Lipinski definition) is 1. The molecule has 36 heavy (non-hydrogen) atoms. The maximum absolute atomic E-state index is 12.8. The SMILES string of the molecule is CCc1ccc(Oc2cc(N3CCC(C(=O)NCc4ccc(N5CCCC5)cc4)CC3)ncn2)cc1. The molecule has 7 heteroatoms. The highest BCUT2D eigenvalue weighted by Crippen LogP contribution is 2.26. The molecule has 0 radical (unpaired) electrons. The standard InChI is InChI=1S/C29H35N5O2/c1-2-22-7-11-26(12-8-22)36-28-19-27(31-21-32-28)34-17-13-24(14-18-34)29(35)30-20-23-5-9-25(10-6-23)33-15-3-4-16-33/h5-12,19,21,24H,2-4,13-18,20H2,1H3,(H,30,35). The van der Waals surface area contributed by atoms with Crippen molar-refractivity contribution in [1.29, 1.82) is 0 Å². The van der Waals surface area contributed by atoms with Crippen LogP contribution in [0.5, 0.6) is 11.6 Å². The van der Waals surface area contributed by atoms with Gasteiger partial charge in [-0.15, -0.1) is 0 Å². The molecule has 1 amide bonds. The lowest BCUT2D eigenvalue weighted by Crippen LogP contribution is -2.40. The van der Waals surface area contributed by atoms with Gasteiger partial charge in [0.05, 0.1) is 0 Å². The summed E-state index contributed by atoms with van der Waals surface area (Å²) in [4.78, 5) is 26.2. The van der Waals surface area contributed by atoms with Crippen LogP contribution in [0.2, 0.25) is 0 Å². The number of nitrogens with one attached hydrogen (secondary N) is 1. The number of piperidine rings is 1. The van der Waals surface area contributed by atoms with Crippen molar-refractivity contribution in [2.24, 2.45) is 5.92 Å². The Morgan fingerprint density at radius 1 is 0.917 bits per heavy atom. The van der Waals surface area contributed by atoms with Gasteiger partial charge in [-0.2, -0.15) is 0 Å². The fourth-order valence-electron chi connectivity index (χ4n) is 4.98. The Morgan fingerprint density at radius 3 is 2.31 bits per heavy atom. The van der Waals surface area contributed by atoms with E-state index in [1.165, 1.54) is 24.1 Å². The monoisotopic (exact) mass is 485 g/mol. The molecular weight excluding hydrogens is 450 g/mol. The molecule has 188 valence electrons. The van der Waals surface area contributed by atoms with Gasteiger partial charge in [0.2, 0.25) is 11.8 Å². The van der Waals surface area contributed by atoms with Gasteiger partial charge in [-0.3, -0.25) is 4.79 Å². The summed E-state index contributed by atoms with van der Waals surface area (Å²) in [6.45, 7) is 6.56. The zero-order valence-corrected chi connectivity index (χ0v) is 21.0. The van der Waals surface area contributed by atoms with Gasteiger partial charge < -0.3 is 19.9 Å². The van der Waals surface area contributed by atoms with Crippen molar-refractivity contribution in [1.82, 2.24) is 15.3 Å². The van der Waals surface area contributed by atoms with Crippen LogP contribution in [0.1, 0.15) is 43.7 Å². The fraction of sp³-hybridized carbons (Fsp3) is 0.414. The Hall–Kier alpha value is -3.61. The van der Waals surface area contributed by atoms with E-state index in [-0.39, 0.29) is 11.8 Å². The van der Waals surface area contributed by atoms with Crippen molar-refractivity contribution < 1.29 is 9.53 Å². The molecule has 0 bridgehead atoms. The largest absolute Gasteiger partial charge is 0.439 e. The van der Waals surface area contributed by atoms with Gasteiger partial charge in [0.25, 0.3) is 0 Å². The number of ether oxygens (including phenoxy) is 1.